The number of hydrogen-bond donors (Lipinski definition) is 1. The van der Waals surface area contributed by atoms with Crippen LogP contribution in [0.5, 0.6) is 11.5 Å². The average Bonchev–Trinajstić information content (AvgIpc) is 2.53. The van der Waals surface area contributed by atoms with Crippen molar-refractivity contribution in [3.8, 4) is 11.5 Å². The highest BCUT2D eigenvalue weighted by molar-refractivity contribution is 5.97. The van der Waals surface area contributed by atoms with E-state index in [1.165, 1.54) is 20.4 Å². The maximum atomic E-state index is 12.6. The summed E-state index contributed by atoms with van der Waals surface area (Å²) < 4.78 is 20.3. The van der Waals surface area contributed by atoms with Crippen LogP contribution in [0, 0.1) is 0 Å². The Balaban J connectivity index is 2.66. The Kier molecular flexibility index (Phi) is 5.00. The van der Waals surface area contributed by atoms with Crippen LogP contribution in [0.4, 0.5) is 0 Å². The zero-order valence-corrected chi connectivity index (χ0v) is 12.6. The maximum absolute atomic E-state index is 12.6. The molecular formula is C15H17NO6. The van der Waals surface area contributed by atoms with Crippen molar-refractivity contribution >= 4 is 16.9 Å². The fourth-order valence-corrected chi connectivity index (χ4v) is 2.05. The number of carbonyl (C=O) groups is 1. The first-order valence-electron chi connectivity index (χ1n) is 6.65. The summed E-state index contributed by atoms with van der Waals surface area (Å²) in [7, 11) is 2.94. The Morgan fingerprint density at radius 1 is 1.23 bits per heavy atom. The third-order valence-corrected chi connectivity index (χ3v) is 3.01. The number of fused-ring (bicyclic) bond motifs is 1. The van der Waals surface area contributed by atoms with Crippen LogP contribution in [0.1, 0.15) is 17.3 Å². The van der Waals surface area contributed by atoms with Crippen molar-refractivity contribution in [2.24, 2.45) is 0 Å². The van der Waals surface area contributed by atoms with Gasteiger partial charge in [-0.3, -0.25) is 4.79 Å². The van der Waals surface area contributed by atoms with Crippen LogP contribution >= 0.6 is 0 Å². The first-order valence-corrected chi connectivity index (χ1v) is 6.65. The van der Waals surface area contributed by atoms with Crippen LogP contribution in [-0.4, -0.2) is 38.6 Å². The lowest BCUT2D eigenvalue weighted by molar-refractivity contribution is 0.0515. The number of nitrogens with one attached hydrogen (secondary N) is 1. The van der Waals surface area contributed by atoms with Crippen molar-refractivity contribution in [3.63, 3.8) is 0 Å². The number of aromatic amines is 1. The van der Waals surface area contributed by atoms with E-state index in [9.17, 15) is 9.59 Å². The molecule has 0 bridgehead atoms. The summed E-state index contributed by atoms with van der Waals surface area (Å²) in [6, 6.07) is 3.25. The molecule has 0 aliphatic rings. The molecule has 2 aromatic rings. The molecule has 0 aliphatic carbocycles. The maximum Gasteiger partial charge on any atom is 0.343 e. The minimum atomic E-state index is -0.684. The van der Waals surface area contributed by atoms with Crippen LogP contribution in [0.25, 0.3) is 10.9 Å². The van der Waals surface area contributed by atoms with Crippen molar-refractivity contribution in [1.82, 2.24) is 4.98 Å². The molecule has 0 amide bonds. The van der Waals surface area contributed by atoms with Crippen molar-refractivity contribution in [2.45, 2.75) is 6.92 Å². The molecule has 2 rings (SSSR count). The molecule has 1 aromatic heterocycles. The van der Waals surface area contributed by atoms with E-state index in [0.717, 1.165) is 0 Å². The smallest absolute Gasteiger partial charge is 0.343 e. The van der Waals surface area contributed by atoms with Crippen LogP contribution in [0.2, 0.25) is 0 Å². The predicted molar refractivity (Wildman–Crippen MR) is 79.6 cm³/mol. The van der Waals surface area contributed by atoms with E-state index in [-0.39, 0.29) is 24.3 Å². The third-order valence-electron chi connectivity index (χ3n) is 3.01. The van der Waals surface area contributed by atoms with Crippen molar-refractivity contribution in [3.05, 3.63) is 34.1 Å². The van der Waals surface area contributed by atoms with Crippen LogP contribution in [-0.2, 0) is 9.47 Å². The summed E-state index contributed by atoms with van der Waals surface area (Å²) in [6.07, 6.45) is 1.31. The lowest BCUT2D eigenvalue weighted by Crippen LogP contribution is -2.19. The molecule has 0 saturated heterocycles. The molecule has 0 aliphatic heterocycles. The lowest BCUT2D eigenvalue weighted by atomic mass is 10.1. The minimum Gasteiger partial charge on any atom is -0.496 e. The number of rotatable bonds is 6. The molecule has 0 spiro atoms. The molecule has 1 N–H and O–H groups in total. The van der Waals surface area contributed by atoms with Gasteiger partial charge in [-0.15, -0.1) is 0 Å². The second-order valence-corrected chi connectivity index (χ2v) is 4.32. The summed E-state index contributed by atoms with van der Waals surface area (Å²) in [5, 5.41) is 0.224. The van der Waals surface area contributed by atoms with E-state index in [2.05, 4.69) is 4.98 Å². The molecule has 118 valence electrons. The van der Waals surface area contributed by atoms with Gasteiger partial charge in [-0.05, 0) is 19.1 Å². The van der Waals surface area contributed by atoms with Gasteiger partial charge in [-0.25, -0.2) is 4.79 Å². The van der Waals surface area contributed by atoms with Gasteiger partial charge in [0.25, 0.3) is 0 Å². The molecule has 0 radical (unpaired) electrons. The number of H-pyrrole nitrogens is 1. The van der Waals surface area contributed by atoms with Gasteiger partial charge in [-0.1, -0.05) is 0 Å². The van der Waals surface area contributed by atoms with Gasteiger partial charge in [0.15, 0.2) is 6.79 Å². The standard InChI is InChI=1S/C15H17NO6/c1-4-21-15(18)9-7-16-13-11(22-8-19-2)6-5-10(20-3)12(13)14(9)17/h5-7H,4,8H2,1-3H3,(H,16,17). The molecule has 1 aromatic carbocycles. The summed E-state index contributed by atoms with van der Waals surface area (Å²) in [6.45, 7) is 1.89. The van der Waals surface area contributed by atoms with Gasteiger partial charge in [0.2, 0.25) is 5.43 Å². The second kappa shape index (κ2) is 6.95. The van der Waals surface area contributed by atoms with Gasteiger partial charge in [0, 0.05) is 13.3 Å². The van der Waals surface area contributed by atoms with Crippen molar-refractivity contribution in [2.75, 3.05) is 27.6 Å². The first-order chi connectivity index (χ1) is 10.6. The number of benzene rings is 1. The number of aromatic nitrogens is 1. The monoisotopic (exact) mass is 307 g/mol. The highest BCUT2D eigenvalue weighted by atomic mass is 16.7. The first kappa shape index (κ1) is 15.8. The molecule has 1 heterocycles. The normalized spacial score (nSPS) is 10.5. The molecular weight excluding hydrogens is 290 g/mol. The van der Waals surface area contributed by atoms with Gasteiger partial charge >= 0.3 is 5.97 Å². The van der Waals surface area contributed by atoms with E-state index >= 15 is 0 Å². The van der Waals surface area contributed by atoms with Gasteiger partial charge in [0.1, 0.15) is 17.1 Å². The lowest BCUT2D eigenvalue weighted by Gasteiger charge is -2.11. The molecule has 0 atom stereocenters. The number of hydrogen-bond acceptors (Lipinski definition) is 6. The van der Waals surface area contributed by atoms with E-state index < -0.39 is 11.4 Å². The van der Waals surface area contributed by atoms with Gasteiger partial charge in [-0.2, -0.15) is 0 Å². The fourth-order valence-electron chi connectivity index (χ4n) is 2.05. The van der Waals surface area contributed by atoms with E-state index in [0.29, 0.717) is 17.0 Å². The Morgan fingerprint density at radius 3 is 2.59 bits per heavy atom. The third kappa shape index (κ3) is 2.89. The average molecular weight is 307 g/mol. The Labute approximate surface area is 126 Å². The molecule has 0 fully saturated rings. The zero-order chi connectivity index (χ0) is 16.1. The van der Waals surface area contributed by atoms with E-state index in [1.807, 2.05) is 0 Å². The van der Waals surface area contributed by atoms with Crippen molar-refractivity contribution < 1.29 is 23.7 Å². The number of carbonyl (C=O) groups excluding carboxylic acids is 1. The SMILES string of the molecule is CCOC(=O)c1c[nH]c2c(OCOC)ccc(OC)c2c1=O. The molecule has 0 saturated carbocycles. The highest BCUT2D eigenvalue weighted by Gasteiger charge is 2.18. The van der Waals surface area contributed by atoms with E-state index in [4.69, 9.17) is 18.9 Å². The molecule has 22 heavy (non-hydrogen) atoms. The highest BCUT2D eigenvalue weighted by Crippen LogP contribution is 2.29. The second-order valence-electron chi connectivity index (χ2n) is 4.32. The summed E-state index contributed by atoms with van der Waals surface area (Å²) in [4.78, 5) is 27.3. The molecule has 0 unspecified atom stereocenters. The van der Waals surface area contributed by atoms with E-state index in [1.54, 1.807) is 19.1 Å². The largest absolute Gasteiger partial charge is 0.496 e. The van der Waals surface area contributed by atoms with Gasteiger partial charge < -0.3 is 23.9 Å². The molecule has 7 heteroatoms. The predicted octanol–water partition coefficient (Wildman–Crippen LogP) is 1.70. The minimum absolute atomic E-state index is 0.0308. The zero-order valence-electron chi connectivity index (χ0n) is 12.6. The number of ether oxygens (including phenoxy) is 4. The molecule has 7 nitrogen and oxygen atoms in total. The summed E-state index contributed by atoms with van der Waals surface area (Å²) >= 11 is 0. The number of methoxy groups -OCH3 is 2. The van der Waals surface area contributed by atoms with Crippen LogP contribution in [0.3, 0.4) is 0 Å². The number of esters is 1. The van der Waals surface area contributed by atoms with Crippen LogP contribution < -0.4 is 14.9 Å². The Morgan fingerprint density at radius 2 is 1.95 bits per heavy atom. The number of pyridine rings is 1. The Bertz CT molecular complexity index is 737. The fraction of sp³-hybridized carbons (Fsp3) is 0.333. The Hall–Kier alpha value is -2.54. The van der Waals surface area contributed by atoms with Gasteiger partial charge in [0.05, 0.1) is 24.6 Å². The summed E-state index contributed by atoms with van der Waals surface area (Å²) in [5.41, 5.74) is -0.141. The van der Waals surface area contributed by atoms with Crippen molar-refractivity contribution in [1.29, 1.82) is 0 Å². The quantitative estimate of drug-likeness (QED) is 0.645. The summed E-state index contributed by atoms with van der Waals surface area (Å²) in [5.74, 6) is 0.0771. The van der Waals surface area contributed by atoms with Crippen LogP contribution in [0.15, 0.2) is 23.1 Å². The topological polar surface area (TPSA) is 86.9 Å².